The van der Waals surface area contributed by atoms with E-state index in [1.807, 2.05) is 30.3 Å². The molecule has 3 amide bonds. The fourth-order valence-electron chi connectivity index (χ4n) is 3.76. The number of thioether (sulfide) groups is 1. The predicted molar refractivity (Wildman–Crippen MR) is 124 cm³/mol. The highest BCUT2D eigenvalue weighted by molar-refractivity contribution is 7.99. The van der Waals surface area contributed by atoms with Crippen LogP contribution < -0.4 is 16.2 Å². The number of nitrogens with one attached hydrogen (secondary N) is 2. The highest BCUT2D eigenvalue weighted by Crippen LogP contribution is 2.34. The maximum Gasteiger partial charge on any atom is 0.321 e. The molecule has 0 unspecified atom stereocenters. The van der Waals surface area contributed by atoms with Crippen LogP contribution in [0.2, 0.25) is 0 Å². The summed E-state index contributed by atoms with van der Waals surface area (Å²) >= 11 is 2.75. The fourth-order valence-corrected chi connectivity index (χ4v) is 5.88. The number of hydrogen-bond acceptors (Lipinski definition) is 6. The average molecular weight is 457 g/mol. The molecule has 31 heavy (non-hydrogen) atoms. The van der Waals surface area contributed by atoms with E-state index in [0.717, 1.165) is 47.8 Å². The smallest absolute Gasteiger partial charge is 0.321 e. The third-order valence-corrected chi connectivity index (χ3v) is 7.27. The number of benzene rings is 1. The molecule has 3 aromatic rings. The van der Waals surface area contributed by atoms with Gasteiger partial charge in [0, 0.05) is 11.4 Å². The minimum Gasteiger partial charge on any atom is -0.338 e. The van der Waals surface area contributed by atoms with Gasteiger partial charge in [-0.15, -0.1) is 11.3 Å². The van der Waals surface area contributed by atoms with Crippen molar-refractivity contribution >= 4 is 45.3 Å². The van der Waals surface area contributed by atoms with Gasteiger partial charge in [0.25, 0.3) is 5.56 Å². The van der Waals surface area contributed by atoms with E-state index in [0.29, 0.717) is 22.8 Å². The summed E-state index contributed by atoms with van der Waals surface area (Å²) in [5.41, 5.74) is 1.76. The Morgan fingerprint density at radius 3 is 2.71 bits per heavy atom. The van der Waals surface area contributed by atoms with Gasteiger partial charge in [-0.25, -0.2) is 9.78 Å². The molecule has 0 saturated heterocycles. The number of amides is 3. The molecule has 162 valence electrons. The van der Waals surface area contributed by atoms with Gasteiger partial charge < -0.3 is 5.32 Å². The maximum atomic E-state index is 13.7. The van der Waals surface area contributed by atoms with E-state index in [9.17, 15) is 14.4 Å². The van der Waals surface area contributed by atoms with Gasteiger partial charge in [0.1, 0.15) is 4.83 Å². The maximum absolute atomic E-state index is 13.7. The molecule has 2 heterocycles. The third kappa shape index (κ3) is 4.67. The second-order valence-electron chi connectivity index (χ2n) is 7.31. The van der Waals surface area contributed by atoms with E-state index < -0.39 is 11.9 Å². The number of urea groups is 1. The number of carbonyl (C=O) groups excluding carboxylic acids is 2. The summed E-state index contributed by atoms with van der Waals surface area (Å²) in [6.45, 7) is 2.21. The van der Waals surface area contributed by atoms with E-state index in [2.05, 4.69) is 10.6 Å². The SMILES string of the molecule is CCNC(=O)NC(=O)CSc1nc2sc3c(c2c(=O)n1-c1ccccc1)CCCCC3. The van der Waals surface area contributed by atoms with Crippen LogP contribution in [0, 0.1) is 0 Å². The molecule has 0 spiro atoms. The molecule has 0 atom stereocenters. The lowest BCUT2D eigenvalue weighted by Gasteiger charge is -2.12. The first-order chi connectivity index (χ1) is 15.1. The average Bonchev–Trinajstić information content (AvgIpc) is 2.94. The molecule has 1 aromatic carbocycles. The summed E-state index contributed by atoms with van der Waals surface area (Å²) in [5, 5.41) is 5.98. The molecule has 0 saturated carbocycles. The number of aryl methyl sites for hydroxylation is 2. The lowest BCUT2D eigenvalue weighted by molar-refractivity contribution is -0.117. The zero-order chi connectivity index (χ0) is 21.8. The first kappa shape index (κ1) is 21.6. The number of aromatic nitrogens is 2. The number of thiophene rings is 1. The van der Waals surface area contributed by atoms with Crippen molar-refractivity contribution in [2.75, 3.05) is 12.3 Å². The second-order valence-corrected chi connectivity index (χ2v) is 9.34. The molecule has 1 aliphatic carbocycles. The number of para-hydroxylation sites is 1. The molecule has 0 fully saturated rings. The highest BCUT2D eigenvalue weighted by Gasteiger charge is 2.22. The Morgan fingerprint density at radius 1 is 1.16 bits per heavy atom. The largest absolute Gasteiger partial charge is 0.338 e. The van der Waals surface area contributed by atoms with Gasteiger partial charge in [-0.1, -0.05) is 36.4 Å². The molecule has 0 bridgehead atoms. The molecule has 2 N–H and O–H groups in total. The first-order valence-corrected chi connectivity index (χ1v) is 12.2. The number of hydrogen-bond donors (Lipinski definition) is 2. The van der Waals surface area contributed by atoms with Crippen LogP contribution >= 0.6 is 23.1 Å². The quantitative estimate of drug-likeness (QED) is 0.347. The first-order valence-electron chi connectivity index (χ1n) is 10.4. The van der Waals surface area contributed by atoms with Crippen LogP contribution in [0.5, 0.6) is 0 Å². The molecule has 7 nitrogen and oxygen atoms in total. The van der Waals surface area contributed by atoms with Crippen molar-refractivity contribution in [3.63, 3.8) is 0 Å². The molecule has 0 aliphatic heterocycles. The van der Waals surface area contributed by atoms with Gasteiger partial charge >= 0.3 is 6.03 Å². The lowest BCUT2D eigenvalue weighted by atomic mass is 10.1. The van der Waals surface area contributed by atoms with Crippen molar-refractivity contribution in [2.24, 2.45) is 0 Å². The monoisotopic (exact) mass is 456 g/mol. The predicted octanol–water partition coefficient (Wildman–Crippen LogP) is 3.65. The van der Waals surface area contributed by atoms with Crippen molar-refractivity contribution < 1.29 is 9.59 Å². The van der Waals surface area contributed by atoms with E-state index in [1.54, 1.807) is 22.8 Å². The Balaban J connectivity index is 1.74. The molecule has 2 aromatic heterocycles. The topological polar surface area (TPSA) is 93.1 Å². The van der Waals surface area contributed by atoms with Gasteiger partial charge in [-0.05, 0) is 50.3 Å². The van der Waals surface area contributed by atoms with Crippen LogP contribution in [-0.2, 0) is 17.6 Å². The van der Waals surface area contributed by atoms with Gasteiger partial charge in [0.2, 0.25) is 5.91 Å². The minimum absolute atomic E-state index is 0.0208. The van der Waals surface area contributed by atoms with Crippen molar-refractivity contribution in [1.82, 2.24) is 20.2 Å². The van der Waals surface area contributed by atoms with Crippen LogP contribution in [0.15, 0.2) is 40.3 Å². The van der Waals surface area contributed by atoms with E-state index in [-0.39, 0.29) is 11.3 Å². The molecule has 9 heteroatoms. The molecule has 0 radical (unpaired) electrons. The van der Waals surface area contributed by atoms with Crippen molar-refractivity contribution in [3.05, 3.63) is 51.1 Å². The Bertz CT molecular complexity index is 1170. The van der Waals surface area contributed by atoms with Crippen LogP contribution in [0.1, 0.15) is 36.6 Å². The van der Waals surface area contributed by atoms with Gasteiger partial charge in [0.15, 0.2) is 5.16 Å². The zero-order valence-electron chi connectivity index (χ0n) is 17.3. The third-order valence-electron chi connectivity index (χ3n) is 5.15. The number of rotatable bonds is 5. The number of carbonyl (C=O) groups is 2. The zero-order valence-corrected chi connectivity index (χ0v) is 18.9. The normalized spacial score (nSPS) is 13.5. The Labute approximate surface area is 188 Å². The van der Waals surface area contributed by atoms with E-state index >= 15 is 0 Å². The summed E-state index contributed by atoms with van der Waals surface area (Å²) in [4.78, 5) is 44.2. The van der Waals surface area contributed by atoms with Gasteiger partial charge in [0.05, 0.1) is 16.8 Å². The number of imide groups is 1. The minimum atomic E-state index is -0.529. The Hall–Kier alpha value is -2.65. The highest BCUT2D eigenvalue weighted by atomic mass is 32.2. The van der Waals surface area contributed by atoms with Gasteiger partial charge in [-0.3, -0.25) is 19.5 Å². The molecule has 4 rings (SSSR count). The van der Waals surface area contributed by atoms with Crippen LogP contribution in [0.4, 0.5) is 4.79 Å². The molecular weight excluding hydrogens is 432 g/mol. The summed E-state index contributed by atoms with van der Waals surface area (Å²) in [7, 11) is 0. The van der Waals surface area contributed by atoms with Crippen molar-refractivity contribution in [3.8, 4) is 5.69 Å². The van der Waals surface area contributed by atoms with Crippen molar-refractivity contribution in [1.29, 1.82) is 0 Å². The summed E-state index contributed by atoms with van der Waals surface area (Å²) in [5.74, 6) is -0.459. The standard InChI is InChI=1S/C22H24N4O3S2/c1-2-23-21(29)24-17(27)13-30-22-25-19-18(15-11-7-4-8-12-16(15)31-19)20(28)26(22)14-9-5-3-6-10-14/h3,5-6,9-10H,2,4,7-8,11-13H2,1H3,(H2,23,24,27,29). The fraction of sp³-hybridized carbons (Fsp3) is 0.364. The lowest BCUT2D eigenvalue weighted by Crippen LogP contribution is -2.40. The Morgan fingerprint density at radius 2 is 1.94 bits per heavy atom. The second kappa shape index (κ2) is 9.65. The van der Waals surface area contributed by atoms with Crippen molar-refractivity contribution in [2.45, 2.75) is 44.2 Å². The van der Waals surface area contributed by atoms with Gasteiger partial charge in [-0.2, -0.15) is 0 Å². The molecule has 1 aliphatic rings. The summed E-state index contributed by atoms with van der Waals surface area (Å²) < 4.78 is 1.59. The summed E-state index contributed by atoms with van der Waals surface area (Å²) in [6, 6.07) is 8.83. The van der Waals surface area contributed by atoms with Crippen LogP contribution in [-0.4, -0.2) is 33.8 Å². The van der Waals surface area contributed by atoms with Crippen LogP contribution in [0.25, 0.3) is 15.9 Å². The molecular formula is C22H24N4O3S2. The summed E-state index contributed by atoms with van der Waals surface area (Å²) in [6.07, 6.45) is 5.29. The Kier molecular flexibility index (Phi) is 6.72. The number of fused-ring (bicyclic) bond motifs is 3. The van der Waals surface area contributed by atoms with Crippen LogP contribution in [0.3, 0.4) is 0 Å². The van der Waals surface area contributed by atoms with E-state index in [4.69, 9.17) is 4.98 Å². The van der Waals surface area contributed by atoms with E-state index in [1.165, 1.54) is 11.3 Å². The number of nitrogens with zero attached hydrogens (tertiary/aromatic N) is 2.